The zero-order valence-corrected chi connectivity index (χ0v) is 12.8. The van der Waals surface area contributed by atoms with Gasteiger partial charge in [0.2, 0.25) is 10.0 Å². The molecule has 0 aliphatic heterocycles. The van der Waals surface area contributed by atoms with Crippen LogP contribution >= 0.6 is 0 Å². The Kier molecular flexibility index (Phi) is 3.08. The monoisotopic (exact) mass is 304 g/mol. The number of benzene rings is 1. The largest absolute Gasteiger partial charge is 0.358 e. The first kappa shape index (κ1) is 13.3. The SMILES string of the molecule is O=S(=O)(NC1CC1)c1ccc2[nH]c3c(c2c1)CCCCC3. The van der Waals surface area contributed by atoms with Crippen molar-refractivity contribution in [2.75, 3.05) is 0 Å². The summed E-state index contributed by atoms with van der Waals surface area (Å²) >= 11 is 0. The van der Waals surface area contributed by atoms with Crippen LogP contribution in [0.2, 0.25) is 0 Å². The van der Waals surface area contributed by atoms with Gasteiger partial charge in [-0.2, -0.15) is 0 Å². The van der Waals surface area contributed by atoms with E-state index in [2.05, 4.69) is 9.71 Å². The van der Waals surface area contributed by atoms with Crippen molar-refractivity contribution in [1.29, 1.82) is 0 Å². The molecule has 0 radical (unpaired) electrons. The second-order valence-corrected chi connectivity index (χ2v) is 7.96. The summed E-state index contributed by atoms with van der Waals surface area (Å²) in [5.74, 6) is 0. The zero-order chi connectivity index (χ0) is 14.4. The van der Waals surface area contributed by atoms with E-state index in [1.165, 1.54) is 30.5 Å². The van der Waals surface area contributed by atoms with Gasteiger partial charge in [0.1, 0.15) is 0 Å². The molecular formula is C16H20N2O2S. The molecule has 4 nitrogen and oxygen atoms in total. The molecular weight excluding hydrogens is 284 g/mol. The molecule has 0 spiro atoms. The quantitative estimate of drug-likeness (QED) is 0.857. The predicted molar refractivity (Wildman–Crippen MR) is 82.9 cm³/mol. The summed E-state index contributed by atoms with van der Waals surface area (Å²) in [5.41, 5.74) is 3.69. The summed E-state index contributed by atoms with van der Waals surface area (Å²) < 4.78 is 27.5. The third kappa shape index (κ3) is 2.49. The van der Waals surface area contributed by atoms with Gasteiger partial charge < -0.3 is 4.98 Å². The van der Waals surface area contributed by atoms with Crippen molar-refractivity contribution >= 4 is 20.9 Å². The highest BCUT2D eigenvalue weighted by molar-refractivity contribution is 7.89. The van der Waals surface area contributed by atoms with Gasteiger partial charge >= 0.3 is 0 Å². The Morgan fingerprint density at radius 1 is 1.10 bits per heavy atom. The Labute approximate surface area is 125 Å². The van der Waals surface area contributed by atoms with E-state index in [1.807, 2.05) is 12.1 Å². The van der Waals surface area contributed by atoms with E-state index in [0.29, 0.717) is 4.90 Å². The van der Waals surface area contributed by atoms with E-state index in [-0.39, 0.29) is 6.04 Å². The van der Waals surface area contributed by atoms with Gasteiger partial charge in [-0.15, -0.1) is 0 Å². The van der Waals surface area contributed by atoms with Crippen LogP contribution < -0.4 is 4.72 Å². The highest BCUT2D eigenvalue weighted by Gasteiger charge is 2.28. The molecule has 0 saturated heterocycles. The van der Waals surface area contributed by atoms with E-state index in [1.54, 1.807) is 6.07 Å². The minimum atomic E-state index is -3.37. The molecule has 2 aromatic rings. The van der Waals surface area contributed by atoms with Crippen LogP contribution in [0.4, 0.5) is 0 Å². The van der Waals surface area contributed by atoms with Crippen LogP contribution in [0, 0.1) is 0 Å². The Morgan fingerprint density at radius 3 is 2.71 bits per heavy atom. The normalized spacial score (nSPS) is 19.4. The summed E-state index contributed by atoms with van der Waals surface area (Å²) in [6.45, 7) is 0. The summed E-state index contributed by atoms with van der Waals surface area (Å²) in [6, 6.07) is 5.61. The van der Waals surface area contributed by atoms with Crippen LogP contribution in [0.5, 0.6) is 0 Å². The summed E-state index contributed by atoms with van der Waals surface area (Å²) in [7, 11) is -3.37. The maximum absolute atomic E-state index is 12.4. The average Bonchev–Trinajstić information content (AvgIpc) is 3.22. The van der Waals surface area contributed by atoms with Gasteiger partial charge in [-0.05, 0) is 62.3 Å². The van der Waals surface area contributed by atoms with Crippen LogP contribution in [0.1, 0.15) is 43.4 Å². The third-order valence-electron chi connectivity index (χ3n) is 4.53. The molecule has 0 atom stereocenters. The molecule has 1 aromatic carbocycles. The highest BCUT2D eigenvalue weighted by atomic mass is 32.2. The molecule has 21 heavy (non-hydrogen) atoms. The number of hydrogen-bond donors (Lipinski definition) is 2. The van der Waals surface area contributed by atoms with Gasteiger partial charge in [0.15, 0.2) is 0 Å². The summed E-state index contributed by atoms with van der Waals surface area (Å²) in [4.78, 5) is 3.87. The van der Waals surface area contributed by atoms with Crippen molar-refractivity contribution in [1.82, 2.24) is 9.71 Å². The van der Waals surface area contributed by atoms with E-state index in [9.17, 15) is 8.42 Å². The van der Waals surface area contributed by atoms with Gasteiger partial charge in [-0.3, -0.25) is 0 Å². The Hall–Kier alpha value is -1.33. The highest BCUT2D eigenvalue weighted by Crippen LogP contribution is 2.30. The molecule has 1 fully saturated rings. The number of fused-ring (bicyclic) bond motifs is 3. The van der Waals surface area contributed by atoms with Crippen LogP contribution in [0.25, 0.3) is 10.9 Å². The molecule has 112 valence electrons. The summed E-state index contributed by atoms with van der Waals surface area (Å²) in [6.07, 6.45) is 7.71. The molecule has 4 rings (SSSR count). The molecule has 0 bridgehead atoms. The Morgan fingerprint density at radius 2 is 1.90 bits per heavy atom. The Balaban J connectivity index is 1.79. The molecule has 2 aliphatic carbocycles. The maximum Gasteiger partial charge on any atom is 0.240 e. The lowest BCUT2D eigenvalue weighted by Gasteiger charge is -2.06. The number of rotatable bonds is 3. The molecule has 0 amide bonds. The van der Waals surface area contributed by atoms with Gasteiger partial charge in [0.05, 0.1) is 4.90 Å². The van der Waals surface area contributed by atoms with Crippen molar-refractivity contribution in [3.05, 3.63) is 29.5 Å². The standard InChI is InChI=1S/C16H20N2O2S/c19-21(20,18-11-6-7-11)12-8-9-16-14(10-12)13-4-2-1-3-5-15(13)17-16/h8-11,17-18H,1-7H2. The molecule has 1 saturated carbocycles. The average molecular weight is 304 g/mol. The van der Waals surface area contributed by atoms with Crippen molar-refractivity contribution < 1.29 is 8.42 Å². The van der Waals surface area contributed by atoms with Crippen LogP contribution in [0.3, 0.4) is 0 Å². The smallest absolute Gasteiger partial charge is 0.240 e. The number of sulfonamides is 1. The van der Waals surface area contributed by atoms with E-state index < -0.39 is 10.0 Å². The number of nitrogens with one attached hydrogen (secondary N) is 2. The second kappa shape index (κ2) is 4.85. The minimum absolute atomic E-state index is 0.147. The molecule has 2 N–H and O–H groups in total. The number of aryl methyl sites for hydroxylation is 2. The topological polar surface area (TPSA) is 62.0 Å². The molecule has 5 heteroatoms. The Bertz CT molecular complexity index is 788. The van der Waals surface area contributed by atoms with Crippen molar-refractivity contribution in [2.45, 2.75) is 55.9 Å². The lowest BCUT2D eigenvalue weighted by atomic mass is 10.1. The lowest BCUT2D eigenvalue weighted by Crippen LogP contribution is -2.25. The lowest BCUT2D eigenvalue weighted by molar-refractivity contribution is 0.581. The molecule has 1 aromatic heterocycles. The van der Waals surface area contributed by atoms with E-state index in [0.717, 1.165) is 36.6 Å². The first-order valence-corrected chi connectivity index (χ1v) is 9.28. The van der Waals surface area contributed by atoms with Crippen molar-refractivity contribution in [2.24, 2.45) is 0 Å². The first-order valence-electron chi connectivity index (χ1n) is 7.79. The molecule has 2 aliphatic rings. The van der Waals surface area contributed by atoms with Crippen LogP contribution in [0.15, 0.2) is 23.1 Å². The van der Waals surface area contributed by atoms with Gasteiger partial charge in [0.25, 0.3) is 0 Å². The fourth-order valence-corrected chi connectivity index (χ4v) is 4.55. The zero-order valence-electron chi connectivity index (χ0n) is 12.0. The first-order chi connectivity index (χ1) is 10.1. The fourth-order valence-electron chi connectivity index (χ4n) is 3.22. The predicted octanol–water partition coefficient (Wildman–Crippen LogP) is 2.88. The van der Waals surface area contributed by atoms with E-state index in [4.69, 9.17) is 0 Å². The van der Waals surface area contributed by atoms with Crippen molar-refractivity contribution in [3.63, 3.8) is 0 Å². The van der Waals surface area contributed by atoms with Crippen LogP contribution in [-0.4, -0.2) is 19.4 Å². The fraction of sp³-hybridized carbons (Fsp3) is 0.500. The van der Waals surface area contributed by atoms with E-state index >= 15 is 0 Å². The number of H-pyrrole nitrogens is 1. The molecule has 1 heterocycles. The maximum atomic E-state index is 12.4. The number of aromatic amines is 1. The third-order valence-corrected chi connectivity index (χ3v) is 6.05. The van der Waals surface area contributed by atoms with Crippen molar-refractivity contribution in [3.8, 4) is 0 Å². The van der Waals surface area contributed by atoms with Gasteiger partial charge in [-0.25, -0.2) is 13.1 Å². The van der Waals surface area contributed by atoms with Gasteiger partial charge in [0, 0.05) is 22.6 Å². The number of hydrogen-bond acceptors (Lipinski definition) is 2. The number of aromatic nitrogens is 1. The second-order valence-electron chi connectivity index (χ2n) is 6.25. The van der Waals surface area contributed by atoms with Gasteiger partial charge in [-0.1, -0.05) is 6.42 Å². The summed E-state index contributed by atoms with van der Waals surface area (Å²) in [5, 5.41) is 1.09. The molecule has 0 unspecified atom stereocenters. The van der Waals surface area contributed by atoms with Crippen LogP contribution in [-0.2, 0) is 22.9 Å². The minimum Gasteiger partial charge on any atom is -0.358 e.